The van der Waals surface area contributed by atoms with E-state index in [1.807, 2.05) is 7.05 Å². The van der Waals surface area contributed by atoms with Crippen molar-refractivity contribution in [2.45, 2.75) is 46.7 Å². The average molecular weight is 184 g/mol. The normalized spacial score (nSPS) is 12.5. The van der Waals surface area contributed by atoms with Gasteiger partial charge in [0, 0.05) is 5.96 Å². The zero-order chi connectivity index (χ0) is 10.4. The minimum Gasteiger partial charge on any atom is -0.430 e. The number of rotatable bonds is 3. The standard InChI is InChI=1S/C10H22N3/c1-7-13(6)10(11-8(2)3)12-9(4)5/h8-9H,7H2,1-6H3/q-1. The molecule has 0 bridgehead atoms. The number of nitrogens with zero attached hydrogens (tertiary/aromatic N) is 3. The molecule has 0 amide bonds. The van der Waals surface area contributed by atoms with E-state index in [4.69, 9.17) is 0 Å². The number of guanidine groups is 1. The molecule has 0 rings (SSSR count). The van der Waals surface area contributed by atoms with Gasteiger partial charge in [0.2, 0.25) is 0 Å². The molecule has 3 heteroatoms. The van der Waals surface area contributed by atoms with Gasteiger partial charge in [-0.05, 0) is 25.7 Å². The second-order valence-corrected chi connectivity index (χ2v) is 3.76. The lowest BCUT2D eigenvalue weighted by molar-refractivity contribution is 0.526. The highest BCUT2D eigenvalue weighted by atomic mass is 15.3. The molecule has 0 unspecified atom stereocenters. The molecule has 0 atom stereocenters. The molecule has 0 N–H and O–H groups in total. The molecule has 3 nitrogen and oxygen atoms in total. The van der Waals surface area contributed by atoms with Crippen molar-refractivity contribution in [2.75, 3.05) is 13.6 Å². The lowest BCUT2D eigenvalue weighted by atomic mass is 10.4. The largest absolute Gasteiger partial charge is 0.430 e. The van der Waals surface area contributed by atoms with Gasteiger partial charge in [-0.25, -0.2) is 0 Å². The van der Waals surface area contributed by atoms with Crippen LogP contribution in [0.2, 0.25) is 0 Å². The van der Waals surface area contributed by atoms with Gasteiger partial charge in [0.05, 0.1) is 0 Å². The molecule has 0 aromatic heterocycles. The monoisotopic (exact) mass is 184 g/mol. The third-order valence-electron chi connectivity index (χ3n) is 1.56. The second-order valence-electron chi connectivity index (χ2n) is 3.76. The SMILES string of the molecule is CCN(C)C(=NC(C)C)[N-]C(C)C. The highest BCUT2D eigenvalue weighted by Crippen LogP contribution is 2.05. The lowest BCUT2D eigenvalue weighted by Gasteiger charge is -2.32. The van der Waals surface area contributed by atoms with Crippen LogP contribution in [0, 0.1) is 0 Å². The summed E-state index contributed by atoms with van der Waals surface area (Å²) in [6, 6.07) is 0.623. The zero-order valence-electron chi connectivity index (χ0n) is 9.70. The van der Waals surface area contributed by atoms with Crippen LogP contribution in [-0.2, 0) is 0 Å². The predicted octanol–water partition coefficient (Wildman–Crippen LogP) is 2.48. The van der Waals surface area contributed by atoms with Gasteiger partial charge in [-0.3, -0.25) is 0 Å². The Morgan fingerprint density at radius 2 is 1.85 bits per heavy atom. The van der Waals surface area contributed by atoms with Crippen molar-refractivity contribution in [1.82, 2.24) is 4.90 Å². The minimum atomic E-state index is 0.312. The highest BCUT2D eigenvalue weighted by Gasteiger charge is 1.97. The zero-order valence-corrected chi connectivity index (χ0v) is 9.70. The van der Waals surface area contributed by atoms with Gasteiger partial charge in [0.1, 0.15) is 0 Å². The molecule has 0 aliphatic rings. The van der Waals surface area contributed by atoms with Crippen LogP contribution < -0.4 is 0 Å². The molecule has 0 aliphatic heterocycles. The van der Waals surface area contributed by atoms with E-state index in [0.29, 0.717) is 12.1 Å². The molecule has 0 saturated heterocycles. The highest BCUT2D eigenvalue weighted by molar-refractivity contribution is 5.92. The van der Waals surface area contributed by atoms with E-state index in [-0.39, 0.29) is 0 Å². The Bertz CT molecular complexity index is 162. The first-order chi connectivity index (χ1) is 5.97. The van der Waals surface area contributed by atoms with Crippen LogP contribution in [0.4, 0.5) is 0 Å². The molecule has 13 heavy (non-hydrogen) atoms. The maximum atomic E-state index is 4.46. The van der Waals surface area contributed by atoms with Crippen LogP contribution >= 0.6 is 0 Å². The summed E-state index contributed by atoms with van der Waals surface area (Å²) in [5, 5.41) is 4.46. The van der Waals surface area contributed by atoms with Gasteiger partial charge in [0.25, 0.3) is 0 Å². The molecule has 0 spiro atoms. The van der Waals surface area contributed by atoms with Crippen molar-refractivity contribution in [3.05, 3.63) is 5.32 Å². The topological polar surface area (TPSA) is 29.7 Å². The first kappa shape index (κ1) is 12.3. The Hall–Kier alpha value is -0.730. The van der Waals surface area contributed by atoms with Gasteiger partial charge in [-0.1, -0.05) is 34.6 Å². The number of aliphatic imine (C=N–C) groups is 1. The Morgan fingerprint density at radius 1 is 1.31 bits per heavy atom. The summed E-state index contributed by atoms with van der Waals surface area (Å²) in [4.78, 5) is 6.53. The molecule has 0 aromatic carbocycles. The number of hydrogen-bond donors (Lipinski definition) is 0. The Kier molecular flexibility index (Phi) is 5.51. The van der Waals surface area contributed by atoms with E-state index in [2.05, 4.69) is 49.8 Å². The maximum absolute atomic E-state index is 4.46. The van der Waals surface area contributed by atoms with Crippen LogP contribution in [0.3, 0.4) is 0 Å². The summed E-state index contributed by atoms with van der Waals surface area (Å²) in [6.45, 7) is 11.3. The third-order valence-corrected chi connectivity index (χ3v) is 1.56. The number of hydrogen-bond acceptors (Lipinski definition) is 1. The van der Waals surface area contributed by atoms with Crippen LogP contribution in [0.25, 0.3) is 5.32 Å². The summed E-state index contributed by atoms with van der Waals surface area (Å²) >= 11 is 0. The van der Waals surface area contributed by atoms with Gasteiger partial charge in [0.15, 0.2) is 0 Å². The fourth-order valence-electron chi connectivity index (χ4n) is 0.834. The van der Waals surface area contributed by atoms with Gasteiger partial charge in [-0.15, -0.1) is 0 Å². The van der Waals surface area contributed by atoms with Gasteiger partial charge in [-0.2, -0.15) is 0 Å². The summed E-state index contributed by atoms with van der Waals surface area (Å²) in [5.41, 5.74) is 0. The van der Waals surface area contributed by atoms with Crippen LogP contribution in [-0.4, -0.2) is 36.5 Å². The van der Waals surface area contributed by atoms with Crippen molar-refractivity contribution >= 4 is 5.96 Å². The van der Waals surface area contributed by atoms with E-state index in [1.165, 1.54) is 0 Å². The Morgan fingerprint density at radius 3 is 2.15 bits per heavy atom. The molecule has 0 heterocycles. The van der Waals surface area contributed by atoms with Crippen LogP contribution in [0.1, 0.15) is 34.6 Å². The molecule has 0 aliphatic carbocycles. The van der Waals surface area contributed by atoms with Gasteiger partial charge < -0.3 is 15.2 Å². The Balaban J connectivity index is 4.36. The molecule has 0 fully saturated rings. The first-order valence-corrected chi connectivity index (χ1v) is 4.97. The van der Waals surface area contributed by atoms with E-state index >= 15 is 0 Å². The quantitative estimate of drug-likeness (QED) is 0.489. The first-order valence-electron chi connectivity index (χ1n) is 4.97. The predicted molar refractivity (Wildman–Crippen MR) is 59.4 cm³/mol. The molecule has 0 radical (unpaired) electrons. The molecule has 0 saturated carbocycles. The molecular weight excluding hydrogens is 162 g/mol. The van der Waals surface area contributed by atoms with Crippen molar-refractivity contribution in [3.63, 3.8) is 0 Å². The summed E-state index contributed by atoms with van der Waals surface area (Å²) in [6.07, 6.45) is 0. The minimum absolute atomic E-state index is 0.312. The van der Waals surface area contributed by atoms with E-state index in [0.717, 1.165) is 12.5 Å². The van der Waals surface area contributed by atoms with E-state index < -0.39 is 0 Å². The van der Waals surface area contributed by atoms with Crippen molar-refractivity contribution in [2.24, 2.45) is 4.99 Å². The Labute approximate surface area is 82.2 Å². The molecule has 0 aromatic rings. The summed E-state index contributed by atoms with van der Waals surface area (Å²) in [7, 11) is 2.02. The van der Waals surface area contributed by atoms with Gasteiger partial charge >= 0.3 is 0 Å². The van der Waals surface area contributed by atoms with Crippen molar-refractivity contribution in [3.8, 4) is 0 Å². The third kappa shape index (κ3) is 5.50. The molecule has 78 valence electrons. The maximum Gasteiger partial charge on any atom is 0.00936 e. The second kappa shape index (κ2) is 5.84. The average Bonchev–Trinajstić information content (AvgIpc) is 2.00. The van der Waals surface area contributed by atoms with Crippen molar-refractivity contribution in [1.29, 1.82) is 0 Å². The van der Waals surface area contributed by atoms with Crippen LogP contribution in [0.5, 0.6) is 0 Å². The fraction of sp³-hybridized carbons (Fsp3) is 0.900. The summed E-state index contributed by atoms with van der Waals surface area (Å²) < 4.78 is 0. The van der Waals surface area contributed by atoms with Crippen molar-refractivity contribution < 1.29 is 0 Å². The van der Waals surface area contributed by atoms with E-state index in [1.54, 1.807) is 0 Å². The van der Waals surface area contributed by atoms with Crippen LogP contribution in [0.15, 0.2) is 4.99 Å². The summed E-state index contributed by atoms with van der Waals surface area (Å²) in [5.74, 6) is 0.868. The lowest BCUT2D eigenvalue weighted by Crippen LogP contribution is -2.28. The van der Waals surface area contributed by atoms with E-state index in [9.17, 15) is 0 Å². The fourth-order valence-corrected chi connectivity index (χ4v) is 0.834. The molecular formula is C10H22N3-. The smallest absolute Gasteiger partial charge is 0.00936 e.